The van der Waals surface area contributed by atoms with Crippen LogP contribution in [-0.2, 0) is 24.0 Å². The molecule has 8 N–H and O–H groups in total. The van der Waals surface area contributed by atoms with Gasteiger partial charge in [0.15, 0.2) is 0 Å². The average Bonchev–Trinajstić information content (AvgIpc) is 2.66. The van der Waals surface area contributed by atoms with Crippen molar-refractivity contribution in [3.05, 3.63) is 0 Å². The van der Waals surface area contributed by atoms with Crippen LogP contribution < -0.4 is 27.4 Å². The number of amides is 4. The fourth-order valence-electron chi connectivity index (χ4n) is 2.52. The Balaban J connectivity index is 5.21. The summed E-state index contributed by atoms with van der Waals surface area (Å²) in [5, 5.41) is 16.6. The maximum Gasteiger partial charge on any atom is 0.326 e. The van der Waals surface area contributed by atoms with Crippen LogP contribution in [0, 0.1) is 5.92 Å². The van der Waals surface area contributed by atoms with Crippen LogP contribution >= 0.6 is 24.4 Å². The molecule has 0 heterocycles. The van der Waals surface area contributed by atoms with Gasteiger partial charge in [0, 0.05) is 5.75 Å². The third kappa shape index (κ3) is 11.8. The molecule has 0 rings (SSSR count). The molecule has 0 saturated carbocycles. The number of carbonyl (C=O) groups is 5. The van der Waals surface area contributed by atoms with Crippen molar-refractivity contribution in [1.29, 1.82) is 0 Å². The van der Waals surface area contributed by atoms with Gasteiger partial charge in [0.05, 0.1) is 12.5 Å². The summed E-state index contributed by atoms with van der Waals surface area (Å²) < 4.78 is 0. The maximum atomic E-state index is 12.7. The summed E-state index contributed by atoms with van der Waals surface area (Å²) in [5.41, 5.74) is 10.7. The van der Waals surface area contributed by atoms with Gasteiger partial charge in [0.2, 0.25) is 23.6 Å². The highest BCUT2D eigenvalue weighted by atomic mass is 32.2. The van der Waals surface area contributed by atoms with Gasteiger partial charge in [-0.3, -0.25) is 19.2 Å². The van der Waals surface area contributed by atoms with Gasteiger partial charge in [-0.15, -0.1) is 0 Å². The zero-order chi connectivity index (χ0) is 24.1. The Kier molecular flexibility index (Phi) is 14.0. The minimum atomic E-state index is -1.21. The molecule has 0 spiro atoms. The first-order valence-electron chi connectivity index (χ1n) is 9.70. The first-order valence-corrected chi connectivity index (χ1v) is 11.7. The van der Waals surface area contributed by atoms with Crippen LogP contribution in [0.4, 0.5) is 0 Å². The Morgan fingerprint density at radius 2 is 1.48 bits per heavy atom. The molecule has 0 aliphatic carbocycles. The highest BCUT2D eigenvalue weighted by molar-refractivity contribution is 7.98. The summed E-state index contributed by atoms with van der Waals surface area (Å²) in [6, 6.07) is -4.44. The Bertz CT molecular complexity index is 649. The number of nitrogens with one attached hydrogen (secondary N) is 3. The Hall–Kier alpha value is -1.99. The lowest BCUT2D eigenvalue weighted by atomic mass is 10.0. The van der Waals surface area contributed by atoms with Crippen molar-refractivity contribution in [2.24, 2.45) is 17.4 Å². The summed E-state index contributed by atoms with van der Waals surface area (Å²) >= 11 is 5.51. The van der Waals surface area contributed by atoms with Gasteiger partial charge in [0.25, 0.3) is 0 Å². The van der Waals surface area contributed by atoms with E-state index in [-0.39, 0.29) is 30.9 Å². The molecule has 4 atom stereocenters. The predicted octanol–water partition coefficient (Wildman–Crippen LogP) is -1.54. The summed E-state index contributed by atoms with van der Waals surface area (Å²) in [5.74, 6) is -3.56. The Labute approximate surface area is 191 Å². The number of hydrogen-bond acceptors (Lipinski definition) is 8. The van der Waals surface area contributed by atoms with Crippen molar-refractivity contribution in [2.45, 2.75) is 57.3 Å². The van der Waals surface area contributed by atoms with E-state index in [1.54, 1.807) is 0 Å². The smallest absolute Gasteiger partial charge is 0.326 e. The molecule has 31 heavy (non-hydrogen) atoms. The van der Waals surface area contributed by atoms with Crippen molar-refractivity contribution in [2.75, 3.05) is 17.8 Å². The predicted molar refractivity (Wildman–Crippen MR) is 122 cm³/mol. The average molecular weight is 480 g/mol. The molecule has 0 radical (unpaired) electrons. The number of primary amides is 1. The van der Waals surface area contributed by atoms with Crippen molar-refractivity contribution in [3.63, 3.8) is 0 Å². The molecule has 0 aromatic rings. The Morgan fingerprint density at radius 3 is 1.94 bits per heavy atom. The minimum Gasteiger partial charge on any atom is -0.480 e. The van der Waals surface area contributed by atoms with Crippen LogP contribution in [0.1, 0.15) is 33.1 Å². The third-order valence-corrected chi connectivity index (χ3v) is 5.15. The van der Waals surface area contributed by atoms with E-state index in [0.717, 1.165) is 0 Å². The number of thiol groups is 1. The molecule has 0 aromatic heterocycles. The fraction of sp³-hybridized carbons (Fsp3) is 0.722. The number of hydrogen-bond donors (Lipinski definition) is 7. The van der Waals surface area contributed by atoms with E-state index < -0.39 is 53.8 Å². The molecule has 0 fully saturated rings. The molecular weight excluding hydrogens is 446 g/mol. The monoisotopic (exact) mass is 479 g/mol. The minimum absolute atomic E-state index is 0.00891. The van der Waals surface area contributed by atoms with Crippen molar-refractivity contribution in [1.82, 2.24) is 16.0 Å². The second-order valence-corrected chi connectivity index (χ2v) is 8.74. The summed E-state index contributed by atoms with van der Waals surface area (Å²) in [4.78, 5) is 59.7. The first-order chi connectivity index (χ1) is 14.4. The summed E-state index contributed by atoms with van der Waals surface area (Å²) in [6.07, 6.45) is 1.90. The number of nitrogens with two attached hydrogens (primary N) is 2. The number of carbonyl (C=O) groups excluding carboxylic acids is 4. The number of carboxylic acid groups (broad SMARTS) is 1. The fourth-order valence-corrected chi connectivity index (χ4v) is 3.25. The van der Waals surface area contributed by atoms with Crippen molar-refractivity contribution < 1.29 is 29.1 Å². The lowest BCUT2D eigenvalue weighted by molar-refractivity contribution is -0.142. The normalized spacial score (nSPS) is 14.8. The van der Waals surface area contributed by atoms with Gasteiger partial charge in [-0.2, -0.15) is 24.4 Å². The molecule has 4 amide bonds. The van der Waals surface area contributed by atoms with E-state index in [9.17, 15) is 29.1 Å². The van der Waals surface area contributed by atoms with Gasteiger partial charge in [-0.05, 0) is 30.8 Å². The van der Waals surface area contributed by atoms with Gasteiger partial charge in [0.1, 0.15) is 18.1 Å². The molecule has 0 aliphatic heterocycles. The molecule has 0 aromatic carbocycles. The summed E-state index contributed by atoms with van der Waals surface area (Å²) in [7, 11) is 0. The van der Waals surface area contributed by atoms with E-state index in [0.29, 0.717) is 5.75 Å². The third-order valence-electron chi connectivity index (χ3n) is 4.14. The van der Waals surface area contributed by atoms with E-state index in [1.165, 1.54) is 11.8 Å². The van der Waals surface area contributed by atoms with Crippen LogP contribution in [-0.4, -0.2) is 76.6 Å². The molecule has 4 unspecified atom stereocenters. The van der Waals surface area contributed by atoms with Crippen LogP contribution in [0.5, 0.6) is 0 Å². The molecule has 0 saturated heterocycles. The molecule has 178 valence electrons. The van der Waals surface area contributed by atoms with Crippen LogP contribution in [0.2, 0.25) is 0 Å². The molecule has 0 aliphatic rings. The largest absolute Gasteiger partial charge is 0.480 e. The van der Waals surface area contributed by atoms with Gasteiger partial charge in [-0.1, -0.05) is 13.8 Å². The van der Waals surface area contributed by atoms with E-state index in [1.807, 2.05) is 20.1 Å². The number of aliphatic carboxylic acids is 1. The first kappa shape index (κ1) is 29.0. The zero-order valence-corrected chi connectivity index (χ0v) is 19.6. The summed E-state index contributed by atoms with van der Waals surface area (Å²) in [6.45, 7) is 3.67. The quantitative estimate of drug-likeness (QED) is 0.137. The maximum absolute atomic E-state index is 12.7. The standard InChI is InChI=1S/C18H33N5O6S2/c1-9(2)6-12(22-15(25)10(19)7-14(20)24)16(26)23-13(8-30)17(27)21-11(18(28)29)4-5-31-3/h9-13,30H,4-8,19H2,1-3H3,(H2,20,24)(H,21,27)(H,22,25)(H,23,26)(H,28,29). The van der Waals surface area contributed by atoms with E-state index in [4.69, 9.17) is 11.5 Å². The van der Waals surface area contributed by atoms with Crippen LogP contribution in [0.3, 0.4) is 0 Å². The van der Waals surface area contributed by atoms with Crippen molar-refractivity contribution >= 4 is 54.0 Å². The lowest BCUT2D eigenvalue weighted by Crippen LogP contribution is -2.58. The number of rotatable bonds is 15. The van der Waals surface area contributed by atoms with Crippen LogP contribution in [0.15, 0.2) is 0 Å². The van der Waals surface area contributed by atoms with E-state index in [2.05, 4.69) is 28.6 Å². The number of thioether (sulfide) groups is 1. The van der Waals surface area contributed by atoms with Gasteiger partial charge in [-0.25, -0.2) is 4.79 Å². The molecule has 11 nitrogen and oxygen atoms in total. The second kappa shape index (κ2) is 14.9. The second-order valence-electron chi connectivity index (χ2n) is 7.39. The topological polar surface area (TPSA) is 194 Å². The molecule has 0 bridgehead atoms. The molecule has 13 heteroatoms. The van der Waals surface area contributed by atoms with Crippen molar-refractivity contribution in [3.8, 4) is 0 Å². The van der Waals surface area contributed by atoms with Gasteiger partial charge >= 0.3 is 5.97 Å². The lowest BCUT2D eigenvalue weighted by Gasteiger charge is -2.25. The molecular formula is C18H33N5O6S2. The van der Waals surface area contributed by atoms with E-state index >= 15 is 0 Å². The highest BCUT2D eigenvalue weighted by Gasteiger charge is 2.30. The van der Waals surface area contributed by atoms with Gasteiger partial charge < -0.3 is 32.5 Å². The number of carboxylic acids is 1. The SMILES string of the molecule is CSCCC(NC(=O)C(CS)NC(=O)C(CC(C)C)NC(=O)C(N)CC(N)=O)C(=O)O. The zero-order valence-electron chi connectivity index (χ0n) is 17.9. The Morgan fingerprint density at radius 1 is 0.968 bits per heavy atom. The highest BCUT2D eigenvalue weighted by Crippen LogP contribution is 2.07. The van der Waals surface area contributed by atoms with Crippen LogP contribution in [0.25, 0.3) is 0 Å².